The van der Waals surface area contributed by atoms with E-state index in [2.05, 4.69) is 31.2 Å². The Hall–Kier alpha value is -0.820. The van der Waals surface area contributed by atoms with Crippen LogP contribution in [0.1, 0.15) is 43.2 Å². The summed E-state index contributed by atoms with van der Waals surface area (Å²) in [6.45, 7) is 3.08. The normalized spacial score (nSPS) is 24.9. The Kier molecular flexibility index (Phi) is 3.42. The molecule has 0 saturated heterocycles. The molecule has 0 bridgehead atoms. The lowest BCUT2D eigenvalue weighted by molar-refractivity contribution is 0.263. The number of nitrogens with two attached hydrogens (primary N) is 1. The molecule has 1 nitrogen and oxygen atoms in total. The van der Waals surface area contributed by atoms with E-state index in [-0.39, 0.29) is 0 Å². The standard InChI is InChI=1S/C14H21N/c1-2-3-11-4-6-12(7-5-11)14-9-8-13(14)10-15/h4-7,13-14H,2-3,8-10,15H2,1H3. The second kappa shape index (κ2) is 4.80. The largest absolute Gasteiger partial charge is 0.330 e. The zero-order chi connectivity index (χ0) is 10.7. The molecule has 2 rings (SSSR count). The summed E-state index contributed by atoms with van der Waals surface area (Å²) >= 11 is 0. The minimum absolute atomic E-state index is 0.738. The molecular formula is C14H21N. The fourth-order valence-electron chi connectivity index (χ4n) is 2.51. The molecule has 1 aromatic rings. The molecule has 0 spiro atoms. The molecule has 15 heavy (non-hydrogen) atoms. The first-order valence-electron chi connectivity index (χ1n) is 6.14. The van der Waals surface area contributed by atoms with Gasteiger partial charge in [-0.2, -0.15) is 0 Å². The van der Waals surface area contributed by atoms with Crippen molar-refractivity contribution in [2.75, 3.05) is 6.54 Å². The fraction of sp³-hybridized carbons (Fsp3) is 0.571. The van der Waals surface area contributed by atoms with Gasteiger partial charge in [-0.15, -0.1) is 0 Å². The van der Waals surface area contributed by atoms with Gasteiger partial charge in [0, 0.05) is 0 Å². The molecule has 0 amide bonds. The van der Waals surface area contributed by atoms with E-state index in [0.29, 0.717) is 0 Å². The van der Waals surface area contributed by atoms with Crippen molar-refractivity contribution in [1.29, 1.82) is 0 Å². The number of rotatable bonds is 4. The van der Waals surface area contributed by atoms with E-state index in [1.54, 1.807) is 0 Å². The van der Waals surface area contributed by atoms with E-state index in [4.69, 9.17) is 5.73 Å². The first kappa shape index (κ1) is 10.7. The van der Waals surface area contributed by atoms with Crippen LogP contribution in [0, 0.1) is 5.92 Å². The summed E-state index contributed by atoms with van der Waals surface area (Å²) in [6, 6.07) is 9.17. The lowest BCUT2D eigenvalue weighted by atomic mass is 9.70. The van der Waals surface area contributed by atoms with E-state index in [1.807, 2.05) is 0 Å². The third-order valence-corrected chi connectivity index (χ3v) is 3.67. The van der Waals surface area contributed by atoms with Crippen LogP contribution in [0.4, 0.5) is 0 Å². The number of hydrogen-bond acceptors (Lipinski definition) is 1. The van der Waals surface area contributed by atoms with Crippen LogP contribution in [0.25, 0.3) is 0 Å². The van der Waals surface area contributed by atoms with Gasteiger partial charge in [-0.1, -0.05) is 37.6 Å². The number of benzene rings is 1. The predicted molar refractivity (Wildman–Crippen MR) is 65.0 cm³/mol. The van der Waals surface area contributed by atoms with Crippen LogP contribution in [0.2, 0.25) is 0 Å². The van der Waals surface area contributed by atoms with Gasteiger partial charge < -0.3 is 5.73 Å². The highest BCUT2D eigenvalue weighted by Gasteiger charge is 2.30. The fourth-order valence-corrected chi connectivity index (χ4v) is 2.51. The molecule has 0 aliphatic heterocycles. The number of hydrogen-bond donors (Lipinski definition) is 1. The maximum absolute atomic E-state index is 5.74. The quantitative estimate of drug-likeness (QED) is 0.799. The van der Waals surface area contributed by atoms with Crippen LogP contribution >= 0.6 is 0 Å². The smallest absolute Gasteiger partial charge is 0.00430 e. The molecule has 1 aliphatic carbocycles. The van der Waals surface area contributed by atoms with Gasteiger partial charge >= 0.3 is 0 Å². The average molecular weight is 203 g/mol. The minimum atomic E-state index is 0.738. The molecule has 1 saturated carbocycles. The number of aryl methyl sites for hydroxylation is 1. The second-order valence-electron chi connectivity index (χ2n) is 4.67. The Morgan fingerprint density at radius 1 is 1.20 bits per heavy atom. The van der Waals surface area contributed by atoms with Crippen molar-refractivity contribution in [1.82, 2.24) is 0 Å². The summed E-state index contributed by atoms with van der Waals surface area (Å²) in [7, 11) is 0. The van der Waals surface area contributed by atoms with E-state index in [1.165, 1.54) is 36.8 Å². The zero-order valence-electron chi connectivity index (χ0n) is 9.58. The van der Waals surface area contributed by atoms with Crippen molar-refractivity contribution in [3.05, 3.63) is 35.4 Å². The molecule has 2 atom stereocenters. The molecule has 1 heteroatoms. The van der Waals surface area contributed by atoms with Gasteiger partial charge in [-0.05, 0) is 48.8 Å². The van der Waals surface area contributed by atoms with E-state index in [9.17, 15) is 0 Å². The van der Waals surface area contributed by atoms with Crippen molar-refractivity contribution in [3.63, 3.8) is 0 Å². The molecule has 82 valence electrons. The van der Waals surface area contributed by atoms with Crippen LogP contribution in [0.5, 0.6) is 0 Å². The highest BCUT2D eigenvalue weighted by molar-refractivity contribution is 5.27. The van der Waals surface area contributed by atoms with Gasteiger partial charge in [0.1, 0.15) is 0 Å². The highest BCUT2D eigenvalue weighted by atomic mass is 14.6. The van der Waals surface area contributed by atoms with Crippen molar-refractivity contribution < 1.29 is 0 Å². The van der Waals surface area contributed by atoms with Crippen LogP contribution in [0.15, 0.2) is 24.3 Å². The summed E-state index contributed by atoms with van der Waals surface area (Å²) < 4.78 is 0. The van der Waals surface area contributed by atoms with Gasteiger partial charge in [-0.3, -0.25) is 0 Å². The van der Waals surface area contributed by atoms with Crippen molar-refractivity contribution in [2.24, 2.45) is 11.7 Å². The molecule has 1 aromatic carbocycles. The topological polar surface area (TPSA) is 26.0 Å². The van der Waals surface area contributed by atoms with Gasteiger partial charge in [0.05, 0.1) is 0 Å². The summed E-state index contributed by atoms with van der Waals surface area (Å²) in [5.74, 6) is 1.48. The molecule has 0 aromatic heterocycles. The Morgan fingerprint density at radius 3 is 2.40 bits per heavy atom. The van der Waals surface area contributed by atoms with Gasteiger partial charge in [0.25, 0.3) is 0 Å². The Morgan fingerprint density at radius 2 is 1.93 bits per heavy atom. The SMILES string of the molecule is CCCc1ccc(C2CCC2CN)cc1. The maximum atomic E-state index is 5.74. The maximum Gasteiger partial charge on any atom is -0.00430 e. The Bertz CT molecular complexity index is 300. The molecule has 2 N–H and O–H groups in total. The summed E-state index contributed by atoms with van der Waals surface area (Å²) in [6.07, 6.45) is 5.08. The monoisotopic (exact) mass is 203 g/mol. The minimum Gasteiger partial charge on any atom is -0.330 e. The van der Waals surface area contributed by atoms with Gasteiger partial charge in [0.15, 0.2) is 0 Å². The highest BCUT2D eigenvalue weighted by Crippen LogP contribution is 2.41. The molecule has 0 heterocycles. The van der Waals surface area contributed by atoms with E-state index >= 15 is 0 Å². The predicted octanol–water partition coefficient (Wildman–Crippen LogP) is 3.09. The summed E-state index contributed by atoms with van der Waals surface area (Å²) in [4.78, 5) is 0. The van der Waals surface area contributed by atoms with Crippen LogP contribution in [0.3, 0.4) is 0 Å². The molecule has 2 unspecified atom stereocenters. The Labute approximate surface area is 92.7 Å². The third-order valence-electron chi connectivity index (χ3n) is 3.67. The zero-order valence-corrected chi connectivity index (χ0v) is 9.58. The molecule has 1 aliphatic rings. The lowest BCUT2D eigenvalue weighted by Crippen LogP contribution is -2.30. The molecule has 0 radical (unpaired) electrons. The van der Waals surface area contributed by atoms with Crippen molar-refractivity contribution in [2.45, 2.75) is 38.5 Å². The lowest BCUT2D eigenvalue weighted by Gasteiger charge is -2.36. The summed E-state index contributed by atoms with van der Waals surface area (Å²) in [5, 5.41) is 0. The van der Waals surface area contributed by atoms with Gasteiger partial charge in [-0.25, -0.2) is 0 Å². The Balaban J connectivity index is 2.03. The molecular weight excluding hydrogens is 182 g/mol. The first-order chi connectivity index (χ1) is 7.35. The van der Waals surface area contributed by atoms with Crippen molar-refractivity contribution in [3.8, 4) is 0 Å². The van der Waals surface area contributed by atoms with Crippen LogP contribution in [-0.4, -0.2) is 6.54 Å². The average Bonchev–Trinajstić information content (AvgIpc) is 2.20. The summed E-state index contributed by atoms with van der Waals surface area (Å²) in [5.41, 5.74) is 8.70. The molecule has 1 fully saturated rings. The van der Waals surface area contributed by atoms with E-state index < -0.39 is 0 Å². The third kappa shape index (κ3) is 2.23. The van der Waals surface area contributed by atoms with Gasteiger partial charge in [0.2, 0.25) is 0 Å². The van der Waals surface area contributed by atoms with Crippen LogP contribution in [-0.2, 0) is 6.42 Å². The van der Waals surface area contributed by atoms with Crippen molar-refractivity contribution >= 4 is 0 Å². The van der Waals surface area contributed by atoms with Crippen LogP contribution < -0.4 is 5.73 Å². The second-order valence-corrected chi connectivity index (χ2v) is 4.67. The van der Waals surface area contributed by atoms with E-state index in [0.717, 1.165) is 18.4 Å². The first-order valence-corrected chi connectivity index (χ1v) is 6.14.